The number of carbonyl (C=O) groups is 2. The lowest BCUT2D eigenvalue weighted by Crippen LogP contribution is -2.31. The Morgan fingerprint density at radius 3 is 2.87 bits per heavy atom. The van der Waals surface area contributed by atoms with Gasteiger partial charge in [-0.05, 0) is 28.1 Å². The van der Waals surface area contributed by atoms with Crippen LogP contribution in [0.4, 0.5) is 5.69 Å². The summed E-state index contributed by atoms with van der Waals surface area (Å²) in [6, 6.07) is 3.34. The lowest BCUT2D eigenvalue weighted by Gasteiger charge is -2.05. The Kier molecular flexibility index (Phi) is 4.23. The third kappa shape index (κ3) is 4.55. The molecule has 2 N–H and O–H groups in total. The number of anilines is 1. The Hall–Kier alpha value is -1.43. The fraction of sp³-hybridized carbons (Fsp3) is 0.222. The molecule has 6 heteroatoms. The summed E-state index contributed by atoms with van der Waals surface area (Å²) >= 11 is 3.18. The highest BCUT2D eigenvalue weighted by atomic mass is 79.9. The van der Waals surface area contributed by atoms with Crippen molar-refractivity contribution < 1.29 is 9.59 Å². The first-order chi connectivity index (χ1) is 7.08. The molecule has 1 aromatic heterocycles. The van der Waals surface area contributed by atoms with Gasteiger partial charge >= 0.3 is 0 Å². The fourth-order valence-electron chi connectivity index (χ4n) is 0.890. The summed E-state index contributed by atoms with van der Waals surface area (Å²) in [6.45, 7) is 1.32. The smallest absolute Gasteiger partial charge is 0.243 e. The van der Waals surface area contributed by atoms with Gasteiger partial charge in [0, 0.05) is 18.8 Å². The highest BCUT2D eigenvalue weighted by Gasteiger charge is 2.02. The van der Waals surface area contributed by atoms with Crippen LogP contribution in [0.5, 0.6) is 0 Å². The minimum absolute atomic E-state index is 0.0325. The molecule has 0 fully saturated rings. The highest BCUT2D eigenvalue weighted by Crippen LogP contribution is 2.11. The van der Waals surface area contributed by atoms with E-state index in [-0.39, 0.29) is 18.4 Å². The van der Waals surface area contributed by atoms with E-state index in [9.17, 15) is 9.59 Å². The molecule has 2 amide bonds. The maximum absolute atomic E-state index is 11.3. The summed E-state index contributed by atoms with van der Waals surface area (Å²) in [7, 11) is 0. The second-order valence-corrected chi connectivity index (χ2v) is 3.64. The van der Waals surface area contributed by atoms with Crippen molar-refractivity contribution in [2.24, 2.45) is 0 Å². The molecule has 0 bridgehead atoms. The second kappa shape index (κ2) is 5.45. The van der Waals surface area contributed by atoms with Crippen LogP contribution in [0.15, 0.2) is 22.9 Å². The molecule has 15 heavy (non-hydrogen) atoms. The Morgan fingerprint density at radius 2 is 2.27 bits per heavy atom. The molecular weight excluding hydrogens is 262 g/mol. The van der Waals surface area contributed by atoms with Crippen LogP contribution in [0.1, 0.15) is 6.92 Å². The molecule has 0 unspecified atom stereocenters. The topological polar surface area (TPSA) is 71.1 Å². The van der Waals surface area contributed by atoms with E-state index in [0.717, 1.165) is 0 Å². The van der Waals surface area contributed by atoms with Crippen molar-refractivity contribution in [1.29, 1.82) is 0 Å². The van der Waals surface area contributed by atoms with Gasteiger partial charge in [0.1, 0.15) is 4.60 Å². The van der Waals surface area contributed by atoms with Crippen molar-refractivity contribution in [1.82, 2.24) is 10.3 Å². The van der Waals surface area contributed by atoms with E-state index in [1.807, 2.05) is 0 Å². The predicted octanol–water partition coefficient (Wildman–Crippen LogP) is 0.919. The van der Waals surface area contributed by atoms with E-state index in [1.54, 1.807) is 18.3 Å². The fourth-order valence-corrected chi connectivity index (χ4v) is 1.25. The molecule has 0 spiro atoms. The lowest BCUT2D eigenvalue weighted by atomic mass is 10.4. The molecule has 1 rings (SSSR count). The Morgan fingerprint density at radius 1 is 1.53 bits per heavy atom. The average Bonchev–Trinajstić information content (AvgIpc) is 2.15. The standard InChI is InChI=1S/C9H10BrN3O2/c1-6(14)12-5-9(15)13-7-2-3-11-8(10)4-7/h2-4H,5H2,1H3,(H,12,14)(H,11,13,15). The van der Waals surface area contributed by atoms with E-state index in [2.05, 4.69) is 31.5 Å². The van der Waals surface area contributed by atoms with Gasteiger partial charge in [-0.15, -0.1) is 0 Å². The number of hydrogen-bond acceptors (Lipinski definition) is 3. The number of aromatic nitrogens is 1. The van der Waals surface area contributed by atoms with Crippen molar-refractivity contribution in [2.75, 3.05) is 11.9 Å². The molecule has 1 aromatic rings. The number of rotatable bonds is 3. The lowest BCUT2D eigenvalue weighted by molar-refractivity contribution is -0.122. The zero-order valence-corrected chi connectivity index (χ0v) is 9.67. The number of pyridine rings is 1. The van der Waals surface area contributed by atoms with Gasteiger partial charge in [0.2, 0.25) is 11.8 Å². The van der Waals surface area contributed by atoms with Crippen LogP contribution in [0.2, 0.25) is 0 Å². The molecule has 0 radical (unpaired) electrons. The highest BCUT2D eigenvalue weighted by molar-refractivity contribution is 9.10. The Bertz CT molecular complexity index is 381. The van der Waals surface area contributed by atoms with Crippen LogP contribution < -0.4 is 10.6 Å². The summed E-state index contributed by atoms with van der Waals surface area (Å²) in [5.74, 6) is -0.510. The molecule has 1 heterocycles. The zero-order chi connectivity index (χ0) is 11.3. The molecule has 5 nitrogen and oxygen atoms in total. The first kappa shape index (κ1) is 11.6. The van der Waals surface area contributed by atoms with Crippen LogP contribution in [-0.4, -0.2) is 23.3 Å². The van der Waals surface area contributed by atoms with Crippen molar-refractivity contribution in [2.45, 2.75) is 6.92 Å². The maximum Gasteiger partial charge on any atom is 0.243 e. The van der Waals surface area contributed by atoms with Crippen LogP contribution in [-0.2, 0) is 9.59 Å². The van der Waals surface area contributed by atoms with Gasteiger partial charge in [0.25, 0.3) is 0 Å². The summed E-state index contributed by atoms with van der Waals surface area (Å²) in [4.78, 5) is 25.7. The van der Waals surface area contributed by atoms with Gasteiger partial charge in [0.15, 0.2) is 0 Å². The minimum atomic E-state index is -0.275. The van der Waals surface area contributed by atoms with E-state index in [1.165, 1.54) is 6.92 Å². The third-order valence-corrected chi connectivity index (χ3v) is 1.94. The van der Waals surface area contributed by atoms with Gasteiger partial charge in [-0.3, -0.25) is 9.59 Å². The second-order valence-electron chi connectivity index (χ2n) is 2.83. The van der Waals surface area contributed by atoms with Crippen molar-refractivity contribution in [3.05, 3.63) is 22.9 Å². The normalized spacial score (nSPS) is 9.47. The number of carbonyl (C=O) groups excluding carboxylic acids is 2. The first-order valence-electron chi connectivity index (χ1n) is 4.24. The van der Waals surface area contributed by atoms with Crippen molar-refractivity contribution >= 4 is 33.4 Å². The van der Waals surface area contributed by atoms with Crippen molar-refractivity contribution in [3.63, 3.8) is 0 Å². The zero-order valence-electron chi connectivity index (χ0n) is 8.08. The van der Waals surface area contributed by atoms with Gasteiger partial charge in [0.05, 0.1) is 6.54 Å². The molecule has 0 saturated carbocycles. The summed E-state index contributed by atoms with van der Waals surface area (Å²) in [5.41, 5.74) is 0.632. The van der Waals surface area contributed by atoms with E-state index in [0.29, 0.717) is 10.3 Å². The first-order valence-corrected chi connectivity index (χ1v) is 5.03. The molecule has 0 saturated heterocycles. The van der Waals surface area contributed by atoms with E-state index in [4.69, 9.17) is 0 Å². The van der Waals surface area contributed by atoms with Gasteiger partial charge in [-0.25, -0.2) is 4.98 Å². The Labute approximate surface area is 95.4 Å². The molecule has 80 valence electrons. The molecule has 0 aliphatic carbocycles. The number of hydrogen-bond donors (Lipinski definition) is 2. The largest absolute Gasteiger partial charge is 0.347 e. The van der Waals surface area contributed by atoms with Crippen LogP contribution in [0.25, 0.3) is 0 Å². The van der Waals surface area contributed by atoms with Gasteiger partial charge < -0.3 is 10.6 Å². The van der Waals surface area contributed by atoms with Crippen LogP contribution >= 0.6 is 15.9 Å². The van der Waals surface area contributed by atoms with E-state index < -0.39 is 0 Å². The number of amides is 2. The number of halogens is 1. The molecule has 0 aromatic carbocycles. The molecule has 0 aliphatic rings. The molecule has 0 aliphatic heterocycles. The molecular formula is C9H10BrN3O2. The third-order valence-electron chi connectivity index (χ3n) is 1.51. The van der Waals surface area contributed by atoms with Crippen molar-refractivity contribution in [3.8, 4) is 0 Å². The summed E-state index contributed by atoms with van der Waals surface area (Å²) in [5, 5.41) is 5.02. The molecule has 0 atom stereocenters. The SMILES string of the molecule is CC(=O)NCC(=O)Nc1ccnc(Br)c1. The van der Waals surface area contributed by atoms with Crippen LogP contribution in [0.3, 0.4) is 0 Å². The monoisotopic (exact) mass is 271 g/mol. The maximum atomic E-state index is 11.3. The predicted molar refractivity (Wildman–Crippen MR) is 59.3 cm³/mol. The number of nitrogens with zero attached hydrogens (tertiary/aromatic N) is 1. The summed E-state index contributed by atoms with van der Waals surface area (Å²) < 4.78 is 0.639. The summed E-state index contributed by atoms with van der Waals surface area (Å²) in [6.07, 6.45) is 1.57. The Balaban J connectivity index is 2.48. The van der Waals surface area contributed by atoms with Gasteiger partial charge in [-0.1, -0.05) is 0 Å². The van der Waals surface area contributed by atoms with E-state index >= 15 is 0 Å². The number of nitrogens with one attached hydrogen (secondary N) is 2. The van der Waals surface area contributed by atoms with Gasteiger partial charge in [-0.2, -0.15) is 0 Å². The quantitative estimate of drug-likeness (QED) is 0.804. The van der Waals surface area contributed by atoms with Crippen LogP contribution in [0, 0.1) is 0 Å². The average molecular weight is 272 g/mol. The minimum Gasteiger partial charge on any atom is -0.347 e.